The van der Waals surface area contributed by atoms with E-state index in [2.05, 4.69) is 91.5 Å². The third-order valence-electron chi connectivity index (χ3n) is 5.27. The Kier molecular flexibility index (Phi) is 6.11. The molecule has 0 spiro atoms. The number of aromatic nitrogens is 1. The van der Waals surface area contributed by atoms with Gasteiger partial charge >= 0.3 is 0 Å². The van der Waals surface area contributed by atoms with Gasteiger partial charge in [-0.1, -0.05) is 77.1 Å². The van der Waals surface area contributed by atoms with Crippen molar-refractivity contribution in [1.29, 1.82) is 0 Å². The third kappa shape index (κ3) is 4.75. The fraction of sp³-hybridized carbons (Fsp3) is 0.400. The minimum absolute atomic E-state index is 0.0345. The van der Waals surface area contributed by atoms with E-state index < -0.39 is 0 Å². The Morgan fingerprint density at radius 1 is 1.07 bits per heavy atom. The van der Waals surface area contributed by atoms with Gasteiger partial charge in [-0.3, -0.25) is 0 Å². The summed E-state index contributed by atoms with van der Waals surface area (Å²) < 4.78 is 0. The third-order valence-corrected chi connectivity index (χ3v) is 5.27. The molecule has 0 aliphatic rings. The highest BCUT2D eigenvalue weighted by molar-refractivity contribution is 5.67. The number of allylic oxidation sites excluding steroid dienone is 1. The highest BCUT2D eigenvalue weighted by Gasteiger charge is 2.23. The van der Waals surface area contributed by atoms with Crippen molar-refractivity contribution in [3.8, 4) is 11.3 Å². The first-order chi connectivity index (χ1) is 12.5. The lowest BCUT2D eigenvalue weighted by Crippen LogP contribution is -2.25. The number of pyridine rings is 1. The van der Waals surface area contributed by atoms with Crippen LogP contribution in [0.5, 0.6) is 0 Å². The molecule has 2 aromatic rings. The summed E-state index contributed by atoms with van der Waals surface area (Å²) in [5.41, 5.74) is 13.9. The molecule has 0 aliphatic heterocycles. The van der Waals surface area contributed by atoms with E-state index in [-0.39, 0.29) is 10.8 Å². The quantitative estimate of drug-likeness (QED) is 0.641. The second kappa shape index (κ2) is 7.82. The van der Waals surface area contributed by atoms with Crippen LogP contribution in [0.4, 0.5) is 0 Å². The Hall–Kier alpha value is -2.19. The Morgan fingerprint density at radius 2 is 1.67 bits per heavy atom. The van der Waals surface area contributed by atoms with Gasteiger partial charge in [-0.05, 0) is 48.1 Å². The average Bonchev–Trinajstić information content (AvgIpc) is 2.60. The summed E-state index contributed by atoms with van der Waals surface area (Å²) >= 11 is 0. The molecule has 0 atom stereocenters. The van der Waals surface area contributed by atoms with Gasteiger partial charge in [-0.15, -0.1) is 0 Å². The summed E-state index contributed by atoms with van der Waals surface area (Å²) in [6.45, 7) is 19.9. The molecule has 1 heterocycles. The number of nitrogens with zero attached hydrogens (tertiary/aromatic N) is 1. The maximum atomic E-state index is 6.00. The van der Waals surface area contributed by atoms with Gasteiger partial charge in [0, 0.05) is 17.5 Å². The number of aryl methyl sites for hydroxylation is 1. The molecule has 0 bridgehead atoms. The normalized spacial score (nSPS) is 13.0. The molecule has 144 valence electrons. The number of rotatable bonds is 5. The van der Waals surface area contributed by atoms with E-state index in [1.54, 1.807) is 0 Å². The second-order valence-corrected chi connectivity index (χ2v) is 9.07. The molecule has 2 N–H and O–H groups in total. The summed E-state index contributed by atoms with van der Waals surface area (Å²) in [5.74, 6) is 0. The minimum Gasteiger partial charge on any atom is -0.330 e. The van der Waals surface area contributed by atoms with Crippen LogP contribution in [-0.2, 0) is 5.41 Å². The maximum Gasteiger partial charge on any atom is 0.0712 e. The van der Waals surface area contributed by atoms with Gasteiger partial charge in [0.25, 0.3) is 0 Å². The standard InChI is InChI=1S/C25H34N2/c1-9-20(25(7,8)16-26)14-22-18(3)21(24(4,5)6)15-23(27-22)19-12-10-17(2)11-13-19/h9-15H,1,16,26H2,2-8H3/b20-14+. The van der Waals surface area contributed by atoms with Crippen LogP contribution in [-0.4, -0.2) is 11.5 Å². The van der Waals surface area contributed by atoms with E-state index in [1.165, 1.54) is 16.7 Å². The van der Waals surface area contributed by atoms with Crippen LogP contribution < -0.4 is 5.73 Å². The Labute approximate surface area is 165 Å². The highest BCUT2D eigenvalue weighted by Crippen LogP contribution is 2.34. The highest BCUT2D eigenvalue weighted by atomic mass is 14.7. The summed E-state index contributed by atoms with van der Waals surface area (Å²) in [7, 11) is 0. The van der Waals surface area contributed by atoms with Gasteiger partial charge in [0.2, 0.25) is 0 Å². The predicted molar refractivity (Wildman–Crippen MR) is 119 cm³/mol. The zero-order valence-corrected chi connectivity index (χ0v) is 18.0. The van der Waals surface area contributed by atoms with Gasteiger partial charge in [0.15, 0.2) is 0 Å². The molecule has 0 radical (unpaired) electrons. The average molecular weight is 363 g/mol. The molecule has 27 heavy (non-hydrogen) atoms. The van der Waals surface area contributed by atoms with Crippen molar-refractivity contribution in [3.05, 3.63) is 70.9 Å². The van der Waals surface area contributed by atoms with Crippen molar-refractivity contribution in [2.24, 2.45) is 11.1 Å². The van der Waals surface area contributed by atoms with Crippen molar-refractivity contribution in [2.75, 3.05) is 6.54 Å². The summed E-state index contributed by atoms with van der Waals surface area (Å²) in [6.07, 6.45) is 4.06. The molecule has 2 nitrogen and oxygen atoms in total. The van der Waals surface area contributed by atoms with Crippen molar-refractivity contribution >= 4 is 6.08 Å². The van der Waals surface area contributed by atoms with Gasteiger partial charge < -0.3 is 5.73 Å². The first-order valence-corrected chi connectivity index (χ1v) is 9.63. The number of hydrogen-bond donors (Lipinski definition) is 1. The van der Waals surface area contributed by atoms with E-state index in [9.17, 15) is 0 Å². The van der Waals surface area contributed by atoms with Gasteiger partial charge in [0.1, 0.15) is 0 Å². The lowest BCUT2D eigenvalue weighted by atomic mass is 9.81. The first kappa shape index (κ1) is 21.1. The van der Waals surface area contributed by atoms with Crippen molar-refractivity contribution in [1.82, 2.24) is 4.98 Å². The zero-order chi connectivity index (χ0) is 20.4. The van der Waals surface area contributed by atoms with Crippen LogP contribution in [0.15, 0.2) is 48.6 Å². The zero-order valence-electron chi connectivity index (χ0n) is 18.0. The summed E-state index contributed by atoms with van der Waals surface area (Å²) in [5, 5.41) is 0. The largest absolute Gasteiger partial charge is 0.330 e. The number of nitrogens with two attached hydrogens (primary N) is 1. The monoisotopic (exact) mass is 362 g/mol. The van der Waals surface area contributed by atoms with Gasteiger partial charge in [-0.25, -0.2) is 4.98 Å². The van der Waals surface area contributed by atoms with E-state index in [0.717, 1.165) is 22.5 Å². The van der Waals surface area contributed by atoms with Crippen LogP contribution in [0.25, 0.3) is 17.3 Å². The van der Waals surface area contributed by atoms with E-state index >= 15 is 0 Å². The van der Waals surface area contributed by atoms with Gasteiger partial charge in [-0.2, -0.15) is 0 Å². The molecule has 0 saturated heterocycles. The molecule has 0 aliphatic carbocycles. The molecule has 0 saturated carbocycles. The van der Waals surface area contributed by atoms with E-state index in [4.69, 9.17) is 10.7 Å². The molecule has 1 aromatic carbocycles. The molecule has 0 fully saturated rings. The predicted octanol–water partition coefficient (Wildman–Crippen LogP) is 6.22. The Morgan fingerprint density at radius 3 is 2.15 bits per heavy atom. The molecular formula is C25H34N2. The maximum absolute atomic E-state index is 6.00. The Bertz CT molecular complexity index is 847. The minimum atomic E-state index is -0.141. The summed E-state index contributed by atoms with van der Waals surface area (Å²) in [6, 6.07) is 10.8. The molecule has 2 heteroatoms. The fourth-order valence-corrected chi connectivity index (χ4v) is 3.22. The second-order valence-electron chi connectivity index (χ2n) is 9.07. The van der Waals surface area contributed by atoms with Crippen LogP contribution in [0.1, 0.15) is 57.0 Å². The van der Waals surface area contributed by atoms with Crippen LogP contribution >= 0.6 is 0 Å². The smallest absolute Gasteiger partial charge is 0.0712 e. The van der Waals surface area contributed by atoms with Crippen molar-refractivity contribution in [2.45, 2.75) is 53.9 Å². The lowest BCUT2D eigenvalue weighted by Gasteiger charge is -2.26. The molecular weight excluding hydrogens is 328 g/mol. The molecule has 2 rings (SSSR count). The van der Waals surface area contributed by atoms with Crippen LogP contribution in [0.2, 0.25) is 0 Å². The van der Waals surface area contributed by atoms with E-state index in [1.807, 2.05) is 6.08 Å². The first-order valence-electron chi connectivity index (χ1n) is 9.63. The summed E-state index contributed by atoms with van der Waals surface area (Å²) in [4.78, 5) is 5.02. The van der Waals surface area contributed by atoms with Crippen LogP contribution in [0.3, 0.4) is 0 Å². The van der Waals surface area contributed by atoms with Gasteiger partial charge in [0.05, 0.1) is 11.4 Å². The van der Waals surface area contributed by atoms with Crippen molar-refractivity contribution in [3.63, 3.8) is 0 Å². The number of benzene rings is 1. The molecule has 0 unspecified atom stereocenters. The molecule has 1 aromatic heterocycles. The van der Waals surface area contributed by atoms with Crippen LogP contribution in [0, 0.1) is 19.3 Å². The van der Waals surface area contributed by atoms with E-state index in [0.29, 0.717) is 6.54 Å². The fourth-order valence-electron chi connectivity index (χ4n) is 3.22. The SMILES string of the molecule is C=C/C(=C\c1nc(-c2ccc(C)cc2)cc(C(C)(C)C)c1C)C(C)(C)CN. The Balaban J connectivity index is 2.75. The lowest BCUT2D eigenvalue weighted by molar-refractivity contribution is 0.475. The van der Waals surface area contributed by atoms with Crippen molar-refractivity contribution < 1.29 is 0 Å². The molecule has 0 amide bonds. The number of hydrogen-bond acceptors (Lipinski definition) is 2. The topological polar surface area (TPSA) is 38.9 Å².